The number of rotatable bonds is 1. The lowest BCUT2D eigenvalue weighted by molar-refractivity contribution is 0.178. The molecule has 0 bridgehead atoms. The van der Waals surface area contributed by atoms with Crippen LogP contribution >= 0.6 is 0 Å². The minimum absolute atomic E-state index is 0.535. The van der Waals surface area contributed by atoms with Gasteiger partial charge in [-0.3, -0.25) is 4.90 Å². The molecule has 1 aliphatic heterocycles. The summed E-state index contributed by atoms with van der Waals surface area (Å²) < 4.78 is 12.9. The fourth-order valence-corrected chi connectivity index (χ4v) is 2.52. The molecule has 0 N–H and O–H groups in total. The summed E-state index contributed by atoms with van der Waals surface area (Å²) >= 11 is 0. The normalized spacial score (nSPS) is 34.2. The monoisotopic (exact) mass is 171 g/mol. The van der Waals surface area contributed by atoms with E-state index in [1.54, 1.807) is 0 Å². The van der Waals surface area contributed by atoms with Gasteiger partial charge in [0.15, 0.2) is 0 Å². The summed E-state index contributed by atoms with van der Waals surface area (Å²) in [5, 5.41) is 0. The maximum Gasteiger partial charge on any atom is 0.114 e. The van der Waals surface area contributed by atoms with Crippen LogP contribution in [0.1, 0.15) is 38.5 Å². The van der Waals surface area contributed by atoms with Crippen molar-refractivity contribution in [3.8, 4) is 0 Å². The number of hydrogen-bond donors (Lipinski definition) is 0. The molecule has 0 aromatic carbocycles. The quantitative estimate of drug-likeness (QED) is 0.585. The molecule has 1 saturated carbocycles. The lowest BCUT2D eigenvalue weighted by atomic mass is 9.94. The zero-order valence-electron chi connectivity index (χ0n) is 7.64. The summed E-state index contributed by atoms with van der Waals surface area (Å²) in [5.74, 6) is 0. The highest BCUT2D eigenvalue weighted by molar-refractivity contribution is 4.82. The number of nitrogens with zero attached hydrogens (tertiary/aromatic N) is 1. The fraction of sp³-hybridized carbons (Fsp3) is 1.00. The number of hydrogen-bond acceptors (Lipinski definition) is 1. The van der Waals surface area contributed by atoms with Gasteiger partial charge in [0.25, 0.3) is 0 Å². The molecule has 0 amide bonds. The van der Waals surface area contributed by atoms with Crippen molar-refractivity contribution in [3.05, 3.63) is 0 Å². The first kappa shape index (κ1) is 8.49. The SMILES string of the molecule is FC1CCN(C2CCCCC2)C1. The van der Waals surface area contributed by atoms with Crippen LogP contribution in [0.5, 0.6) is 0 Å². The van der Waals surface area contributed by atoms with E-state index >= 15 is 0 Å². The standard InChI is InChI=1S/C10H18FN/c11-9-6-7-12(8-9)10-4-2-1-3-5-10/h9-10H,1-8H2. The van der Waals surface area contributed by atoms with Gasteiger partial charge in [-0.2, -0.15) is 0 Å². The van der Waals surface area contributed by atoms with E-state index in [2.05, 4.69) is 4.90 Å². The van der Waals surface area contributed by atoms with E-state index in [-0.39, 0.29) is 0 Å². The molecule has 12 heavy (non-hydrogen) atoms. The van der Waals surface area contributed by atoms with Gasteiger partial charge in [0.05, 0.1) is 0 Å². The zero-order chi connectivity index (χ0) is 8.39. The van der Waals surface area contributed by atoms with E-state index < -0.39 is 6.17 Å². The minimum Gasteiger partial charge on any atom is -0.297 e. The highest BCUT2D eigenvalue weighted by Gasteiger charge is 2.28. The van der Waals surface area contributed by atoms with Crippen LogP contribution in [0.4, 0.5) is 4.39 Å². The molecule has 1 saturated heterocycles. The minimum atomic E-state index is -0.535. The van der Waals surface area contributed by atoms with Crippen molar-refractivity contribution in [1.82, 2.24) is 4.90 Å². The molecule has 0 aromatic heterocycles. The van der Waals surface area contributed by atoms with Crippen LogP contribution in [-0.2, 0) is 0 Å². The predicted octanol–water partition coefficient (Wildman–Crippen LogP) is 2.36. The summed E-state index contributed by atoms with van der Waals surface area (Å²) in [6, 6.07) is 0.722. The van der Waals surface area contributed by atoms with E-state index in [1.807, 2.05) is 0 Å². The number of likely N-dealkylation sites (tertiary alicyclic amines) is 1. The molecule has 2 fully saturated rings. The third-order valence-corrected chi connectivity index (χ3v) is 3.25. The Hall–Kier alpha value is -0.110. The molecule has 70 valence electrons. The van der Waals surface area contributed by atoms with Crippen LogP contribution < -0.4 is 0 Å². The van der Waals surface area contributed by atoms with Crippen LogP contribution in [-0.4, -0.2) is 30.2 Å². The largest absolute Gasteiger partial charge is 0.297 e. The molecule has 1 unspecified atom stereocenters. The van der Waals surface area contributed by atoms with Gasteiger partial charge in [-0.1, -0.05) is 19.3 Å². The van der Waals surface area contributed by atoms with Gasteiger partial charge in [-0.15, -0.1) is 0 Å². The molecule has 1 heterocycles. The Morgan fingerprint density at radius 1 is 1.00 bits per heavy atom. The van der Waals surface area contributed by atoms with Gasteiger partial charge < -0.3 is 0 Å². The van der Waals surface area contributed by atoms with Crippen molar-refractivity contribution in [2.45, 2.75) is 50.7 Å². The number of alkyl halides is 1. The van der Waals surface area contributed by atoms with Crippen LogP contribution in [0.15, 0.2) is 0 Å². The average molecular weight is 171 g/mol. The summed E-state index contributed by atoms with van der Waals surface area (Å²) in [6.45, 7) is 1.72. The predicted molar refractivity (Wildman–Crippen MR) is 48.0 cm³/mol. The first-order valence-electron chi connectivity index (χ1n) is 5.24. The van der Waals surface area contributed by atoms with E-state index in [9.17, 15) is 4.39 Å². The third-order valence-electron chi connectivity index (χ3n) is 3.25. The second-order valence-corrected chi connectivity index (χ2v) is 4.17. The Morgan fingerprint density at radius 2 is 1.75 bits per heavy atom. The average Bonchev–Trinajstić information content (AvgIpc) is 2.54. The van der Waals surface area contributed by atoms with Gasteiger partial charge in [0, 0.05) is 19.1 Å². The van der Waals surface area contributed by atoms with Crippen LogP contribution in [0.3, 0.4) is 0 Å². The van der Waals surface area contributed by atoms with Crippen molar-refractivity contribution < 1.29 is 4.39 Å². The van der Waals surface area contributed by atoms with Gasteiger partial charge in [-0.05, 0) is 19.3 Å². The summed E-state index contributed by atoms with van der Waals surface area (Å²) in [4.78, 5) is 2.36. The lowest BCUT2D eigenvalue weighted by Gasteiger charge is -2.30. The van der Waals surface area contributed by atoms with Crippen LogP contribution in [0.25, 0.3) is 0 Å². The smallest absolute Gasteiger partial charge is 0.114 e. The van der Waals surface area contributed by atoms with Gasteiger partial charge in [0.2, 0.25) is 0 Å². The summed E-state index contributed by atoms with van der Waals surface area (Å²) in [6.07, 6.45) is 6.97. The summed E-state index contributed by atoms with van der Waals surface area (Å²) in [7, 11) is 0. The molecular weight excluding hydrogens is 153 g/mol. The molecule has 0 radical (unpaired) electrons. The Balaban J connectivity index is 1.83. The van der Waals surface area contributed by atoms with E-state index in [4.69, 9.17) is 0 Å². The maximum atomic E-state index is 12.9. The van der Waals surface area contributed by atoms with Crippen LogP contribution in [0, 0.1) is 0 Å². The third kappa shape index (κ3) is 1.79. The van der Waals surface area contributed by atoms with Crippen molar-refractivity contribution in [2.24, 2.45) is 0 Å². The second kappa shape index (κ2) is 3.73. The molecule has 2 aliphatic rings. The van der Waals surface area contributed by atoms with Crippen molar-refractivity contribution >= 4 is 0 Å². The Kier molecular flexibility index (Phi) is 2.64. The Bertz CT molecular complexity index is 140. The molecule has 2 rings (SSSR count). The maximum absolute atomic E-state index is 12.9. The highest BCUT2D eigenvalue weighted by atomic mass is 19.1. The molecule has 0 aromatic rings. The van der Waals surface area contributed by atoms with Crippen molar-refractivity contribution in [3.63, 3.8) is 0 Å². The van der Waals surface area contributed by atoms with E-state index in [0.29, 0.717) is 6.54 Å². The zero-order valence-corrected chi connectivity index (χ0v) is 7.64. The summed E-state index contributed by atoms with van der Waals surface area (Å²) in [5.41, 5.74) is 0. The van der Waals surface area contributed by atoms with Gasteiger partial charge >= 0.3 is 0 Å². The van der Waals surface area contributed by atoms with Crippen LogP contribution in [0.2, 0.25) is 0 Å². The molecule has 2 heteroatoms. The van der Waals surface area contributed by atoms with Gasteiger partial charge in [0.1, 0.15) is 6.17 Å². The Morgan fingerprint density at radius 3 is 2.33 bits per heavy atom. The fourth-order valence-electron chi connectivity index (χ4n) is 2.52. The topological polar surface area (TPSA) is 3.24 Å². The lowest BCUT2D eigenvalue weighted by Crippen LogP contribution is -2.35. The van der Waals surface area contributed by atoms with Crippen molar-refractivity contribution in [1.29, 1.82) is 0 Å². The van der Waals surface area contributed by atoms with E-state index in [1.165, 1.54) is 32.1 Å². The second-order valence-electron chi connectivity index (χ2n) is 4.17. The van der Waals surface area contributed by atoms with E-state index in [0.717, 1.165) is 19.0 Å². The number of halogens is 1. The molecule has 1 atom stereocenters. The molecular formula is C10H18FN. The molecule has 1 nitrogen and oxygen atoms in total. The molecule has 0 spiro atoms. The molecule has 1 aliphatic carbocycles. The first-order chi connectivity index (χ1) is 5.86. The first-order valence-corrected chi connectivity index (χ1v) is 5.24. The van der Waals surface area contributed by atoms with Gasteiger partial charge in [-0.25, -0.2) is 4.39 Å². The van der Waals surface area contributed by atoms with Crippen molar-refractivity contribution in [2.75, 3.05) is 13.1 Å². The highest BCUT2D eigenvalue weighted by Crippen LogP contribution is 2.26. The Labute approximate surface area is 73.9 Å².